The smallest absolute Gasteiger partial charge is 0.0410 e. The zero-order valence-corrected chi connectivity index (χ0v) is 13.0. The lowest BCUT2D eigenvalue weighted by Crippen LogP contribution is -2.26. The first kappa shape index (κ1) is 14.5. The molecule has 1 aromatic heterocycles. The van der Waals surface area contributed by atoms with Crippen LogP contribution in [-0.2, 0) is 6.42 Å². The van der Waals surface area contributed by atoms with Gasteiger partial charge in [-0.05, 0) is 58.6 Å². The first-order valence-corrected chi connectivity index (χ1v) is 7.34. The van der Waals surface area contributed by atoms with Crippen LogP contribution < -0.4 is 5.73 Å². The number of nitrogens with two attached hydrogens (primary N) is 1. The molecule has 0 amide bonds. The van der Waals surface area contributed by atoms with E-state index in [4.69, 9.17) is 17.3 Å². The average molecular weight is 340 g/mol. The van der Waals surface area contributed by atoms with E-state index in [1.807, 2.05) is 37.4 Å². The molecule has 2 rings (SSSR count). The molecule has 0 aliphatic carbocycles. The molecule has 1 aromatic carbocycles. The third-order valence-electron chi connectivity index (χ3n) is 3.16. The number of hydrogen-bond acceptors (Lipinski definition) is 2. The first-order valence-electron chi connectivity index (χ1n) is 6.16. The fraction of sp³-hybridized carbons (Fsp3) is 0.267. The predicted octanol–water partition coefficient (Wildman–Crippen LogP) is 4.17. The van der Waals surface area contributed by atoms with Gasteiger partial charge in [-0.25, -0.2) is 0 Å². The highest BCUT2D eigenvalue weighted by atomic mass is 79.9. The van der Waals surface area contributed by atoms with Crippen molar-refractivity contribution in [2.24, 2.45) is 5.73 Å². The summed E-state index contributed by atoms with van der Waals surface area (Å²) < 4.78 is 0.978. The van der Waals surface area contributed by atoms with Gasteiger partial charge in [-0.2, -0.15) is 0 Å². The van der Waals surface area contributed by atoms with Crippen LogP contribution in [0.3, 0.4) is 0 Å². The maximum absolute atomic E-state index is 6.13. The monoisotopic (exact) mass is 338 g/mol. The van der Waals surface area contributed by atoms with E-state index < -0.39 is 0 Å². The Morgan fingerprint density at radius 1 is 1.26 bits per heavy atom. The molecule has 100 valence electrons. The van der Waals surface area contributed by atoms with E-state index in [0.717, 1.165) is 21.5 Å². The number of pyridine rings is 1. The van der Waals surface area contributed by atoms with Crippen molar-refractivity contribution in [2.75, 3.05) is 0 Å². The fourth-order valence-electron chi connectivity index (χ4n) is 2.11. The number of hydrogen-bond donors (Lipinski definition) is 1. The quantitative estimate of drug-likeness (QED) is 0.908. The third kappa shape index (κ3) is 4.03. The Kier molecular flexibility index (Phi) is 4.97. The number of aromatic nitrogens is 1. The molecule has 2 aromatic rings. The predicted molar refractivity (Wildman–Crippen MR) is 83.5 cm³/mol. The van der Waals surface area contributed by atoms with Crippen molar-refractivity contribution in [3.8, 4) is 0 Å². The van der Waals surface area contributed by atoms with Crippen LogP contribution >= 0.6 is 27.5 Å². The molecule has 2 nitrogen and oxygen atoms in total. The van der Waals surface area contributed by atoms with E-state index in [1.54, 1.807) is 6.20 Å². The molecule has 19 heavy (non-hydrogen) atoms. The number of nitrogens with zero attached hydrogens (tertiary/aromatic N) is 1. The van der Waals surface area contributed by atoms with Gasteiger partial charge in [-0.15, -0.1) is 0 Å². The van der Waals surface area contributed by atoms with Crippen LogP contribution in [0.1, 0.15) is 24.0 Å². The van der Waals surface area contributed by atoms with Crippen LogP contribution in [0.2, 0.25) is 5.02 Å². The largest absolute Gasteiger partial charge is 0.327 e. The van der Waals surface area contributed by atoms with Crippen molar-refractivity contribution < 1.29 is 0 Å². The second kappa shape index (κ2) is 6.51. The van der Waals surface area contributed by atoms with Crippen molar-refractivity contribution in [2.45, 2.75) is 25.3 Å². The molecule has 0 radical (unpaired) electrons. The van der Waals surface area contributed by atoms with Gasteiger partial charge in [0.2, 0.25) is 0 Å². The minimum Gasteiger partial charge on any atom is -0.327 e. The molecule has 2 unspecified atom stereocenters. The zero-order chi connectivity index (χ0) is 13.8. The summed E-state index contributed by atoms with van der Waals surface area (Å²) in [6.45, 7) is 2.03. The molecule has 4 heteroatoms. The van der Waals surface area contributed by atoms with Gasteiger partial charge >= 0.3 is 0 Å². The average Bonchev–Trinajstić information content (AvgIpc) is 2.37. The van der Waals surface area contributed by atoms with Gasteiger partial charge in [0, 0.05) is 33.8 Å². The summed E-state index contributed by atoms with van der Waals surface area (Å²) in [7, 11) is 0. The molecule has 0 spiro atoms. The van der Waals surface area contributed by atoms with Crippen LogP contribution in [0, 0.1) is 0 Å². The Morgan fingerprint density at radius 3 is 2.53 bits per heavy atom. The van der Waals surface area contributed by atoms with Gasteiger partial charge in [0.05, 0.1) is 0 Å². The standard InChI is InChI=1S/C15H16BrClN2/c1-10(18)15(12-7-13(16)9-19-8-12)6-11-2-4-14(17)5-3-11/h2-5,7-10,15H,6,18H2,1H3. The van der Waals surface area contributed by atoms with Crippen LogP contribution in [0.4, 0.5) is 0 Å². The molecule has 0 bridgehead atoms. The third-order valence-corrected chi connectivity index (χ3v) is 3.84. The van der Waals surface area contributed by atoms with Crippen LogP contribution in [0.5, 0.6) is 0 Å². The molecule has 0 fully saturated rings. The van der Waals surface area contributed by atoms with Gasteiger partial charge in [-0.1, -0.05) is 23.7 Å². The molecule has 2 N–H and O–H groups in total. The Bertz CT molecular complexity index is 540. The van der Waals surface area contributed by atoms with Gasteiger partial charge in [-0.3, -0.25) is 4.98 Å². The van der Waals surface area contributed by atoms with Crippen molar-refractivity contribution in [1.82, 2.24) is 4.98 Å². The van der Waals surface area contributed by atoms with Gasteiger partial charge < -0.3 is 5.73 Å². The minimum atomic E-state index is 0.0618. The van der Waals surface area contributed by atoms with E-state index in [2.05, 4.69) is 27.0 Å². The SMILES string of the molecule is CC(N)C(Cc1ccc(Cl)cc1)c1cncc(Br)c1. The highest BCUT2D eigenvalue weighted by Gasteiger charge is 2.17. The lowest BCUT2D eigenvalue weighted by Gasteiger charge is -2.21. The summed E-state index contributed by atoms with van der Waals surface area (Å²) >= 11 is 9.36. The minimum absolute atomic E-state index is 0.0618. The van der Waals surface area contributed by atoms with E-state index >= 15 is 0 Å². The molecular formula is C15H16BrClN2. The number of rotatable bonds is 4. The van der Waals surface area contributed by atoms with E-state index in [0.29, 0.717) is 0 Å². The Morgan fingerprint density at radius 2 is 1.95 bits per heavy atom. The van der Waals surface area contributed by atoms with E-state index in [9.17, 15) is 0 Å². The van der Waals surface area contributed by atoms with Crippen molar-refractivity contribution in [1.29, 1.82) is 0 Å². The molecule has 0 aliphatic heterocycles. The maximum atomic E-state index is 6.13. The normalized spacial score (nSPS) is 14.1. The van der Waals surface area contributed by atoms with Gasteiger partial charge in [0.15, 0.2) is 0 Å². The summed E-state index contributed by atoms with van der Waals surface area (Å²) in [6.07, 6.45) is 4.55. The van der Waals surface area contributed by atoms with Crippen LogP contribution in [0.15, 0.2) is 47.2 Å². The molecule has 0 aliphatic rings. The number of benzene rings is 1. The summed E-state index contributed by atoms with van der Waals surface area (Å²) in [4.78, 5) is 4.22. The molecule has 1 heterocycles. The molecule has 0 saturated carbocycles. The Hall–Kier alpha value is -0.900. The van der Waals surface area contributed by atoms with Gasteiger partial charge in [0.25, 0.3) is 0 Å². The van der Waals surface area contributed by atoms with Crippen LogP contribution in [0.25, 0.3) is 0 Å². The lowest BCUT2D eigenvalue weighted by molar-refractivity contribution is 0.563. The highest BCUT2D eigenvalue weighted by Crippen LogP contribution is 2.25. The molecule has 0 saturated heterocycles. The summed E-state index contributed by atoms with van der Waals surface area (Å²) in [5.41, 5.74) is 8.51. The summed E-state index contributed by atoms with van der Waals surface area (Å²) in [5.74, 6) is 0.242. The molecule has 2 atom stereocenters. The van der Waals surface area contributed by atoms with Crippen molar-refractivity contribution in [3.63, 3.8) is 0 Å². The van der Waals surface area contributed by atoms with Gasteiger partial charge in [0.1, 0.15) is 0 Å². The molecular weight excluding hydrogens is 324 g/mol. The first-order chi connectivity index (χ1) is 9.06. The van der Waals surface area contributed by atoms with Crippen LogP contribution in [-0.4, -0.2) is 11.0 Å². The number of halogens is 2. The van der Waals surface area contributed by atoms with E-state index in [-0.39, 0.29) is 12.0 Å². The lowest BCUT2D eigenvalue weighted by atomic mass is 9.88. The van der Waals surface area contributed by atoms with Crippen molar-refractivity contribution >= 4 is 27.5 Å². The Labute approximate surface area is 127 Å². The zero-order valence-electron chi connectivity index (χ0n) is 10.7. The summed E-state index contributed by atoms with van der Waals surface area (Å²) in [5, 5.41) is 0.755. The van der Waals surface area contributed by atoms with E-state index in [1.165, 1.54) is 5.56 Å². The maximum Gasteiger partial charge on any atom is 0.0410 e. The second-order valence-electron chi connectivity index (χ2n) is 4.73. The van der Waals surface area contributed by atoms with Crippen molar-refractivity contribution in [3.05, 3.63) is 63.3 Å². The second-order valence-corrected chi connectivity index (χ2v) is 6.08. The highest BCUT2D eigenvalue weighted by molar-refractivity contribution is 9.10. The summed E-state index contributed by atoms with van der Waals surface area (Å²) in [6, 6.07) is 10.1. The fourth-order valence-corrected chi connectivity index (χ4v) is 2.62. The topological polar surface area (TPSA) is 38.9 Å². The Balaban J connectivity index is 2.23.